The molecule has 19 heavy (non-hydrogen) atoms. The van der Waals surface area contributed by atoms with Crippen LogP contribution in [-0.2, 0) is 4.79 Å². The minimum atomic E-state index is 0.0272. The second kappa shape index (κ2) is 6.05. The van der Waals surface area contributed by atoms with Crippen molar-refractivity contribution in [2.24, 2.45) is 0 Å². The molecule has 3 heteroatoms. The first-order valence-corrected chi connectivity index (χ1v) is 6.41. The summed E-state index contributed by atoms with van der Waals surface area (Å²) in [5, 5.41) is 6.15. The number of carbonyl (C=O) groups is 1. The van der Waals surface area contributed by atoms with Crippen LogP contribution in [0.2, 0.25) is 0 Å². The monoisotopic (exact) mass is 254 g/mol. The van der Waals surface area contributed by atoms with Gasteiger partial charge >= 0.3 is 0 Å². The van der Waals surface area contributed by atoms with Gasteiger partial charge in [0.2, 0.25) is 5.91 Å². The van der Waals surface area contributed by atoms with Gasteiger partial charge in [0.25, 0.3) is 0 Å². The van der Waals surface area contributed by atoms with Gasteiger partial charge in [0.05, 0.1) is 0 Å². The lowest BCUT2D eigenvalue weighted by molar-refractivity contribution is -0.115. The van der Waals surface area contributed by atoms with E-state index in [1.165, 1.54) is 5.56 Å². The average Bonchev–Trinajstić information content (AvgIpc) is 2.41. The van der Waals surface area contributed by atoms with Crippen LogP contribution >= 0.6 is 0 Å². The van der Waals surface area contributed by atoms with Crippen LogP contribution in [0.15, 0.2) is 48.5 Å². The van der Waals surface area contributed by atoms with Crippen molar-refractivity contribution in [3.63, 3.8) is 0 Å². The highest BCUT2D eigenvalue weighted by molar-refractivity contribution is 5.90. The van der Waals surface area contributed by atoms with Gasteiger partial charge < -0.3 is 10.6 Å². The van der Waals surface area contributed by atoms with Gasteiger partial charge in [-0.3, -0.25) is 4.79 Å². The molecular weight excluding hydrogens is 236 g/mol. The molecule has 1 amide bonds. The maximum atomic E-state index is 11.3. The Bertz CT molecular complexity index is 561. The summed E-state index contributed by atoms with van der Waals surface area (Å²) in [5.41, 5.74) is 4.10. The van der Waals surface area contributed by atoms with Crippen molar-refractivity contribution < 1.29 is 4.79 Å². The lowest BCUT2D eigenvalue weighted by atomic mass is 10.2. The molecule has 0 bridgehead atoms. The van der Waals surface area contributed by atoms with Gasteiger partial charge in [0.1, 0.15) is 0 Å². The molecule has 0 fully saturated rings. The molecule has 98 valence electrons. The number of aryl methyl sites for hydroxylation is 1. The van der Waals surface area contributed by atoms with Gasteiger partial charge in [-0.15, -0.1) is 0 Å². The van der Waals surface area contributed by atoms with Crippen molar-refractivity contribution in [1.82, 2.24) is 0 Å². The minimum Gasteiger partial charge on any atom is -0.356 e. The Morgan fingerprint density at radius 2 is 1.68 bits per heavy atom. The van der Waals surface area contributed by atoms with E-state index in [4.69, 9.17) is 0 Å². The van der Waals surface area contributed by atoms with Crippen LogP contribution < -0.4 is 10.6 Å². The maximum Gasteiger partial charge on any atom is 0.224 e. The summed E-state index contributed by atoms with van der Waals surface area (Å²) in [6.45, 7) is 3.90. The normalized spacial score (nSPS) is 10.0. The number of nitrogens with one attached hydrogen (secondary N) is 2. The Balaban J connectivity index is 2.04. The van der Waals surface area contributed by atoms with Crippen LogP contribution in [-0.4, -0.2) is 5.91 Å². The number of hydrogen-bond acceptors (Lipinski definition) is 2. The zero-order valence-electron chi connectivity index (χ0n) is 11.2. The highest BCUT2D eigenvalue weighted by Crippen LogP contribution is 2.19. The highest BCUT2D eigenvalue weighted by atomic mass is 16.1. The van der Waals surface area contributed by atoms with Gasteiger partial charge in [-0.1, -0.05) is 19.1 Å². The molecule has 0 unspecified atom stereocenters. The van der Waals surface area contributed by atoms with Crippen LogP contribution in [0.25, 0.3) is 0 Å². The van der Waals surface area contributed by atoms with Crippen molar-refractivity contribution in [2.75, 3.05) is 10.6 Å². The van der Waals surface area contributed by atoms with Crippen molar-refractivity contribution in [3.8, 4) is 0 Å². The van der Waals surface area contributed by atoms with Crippen LogP contribution in [0.4, 0.5) is 17.1 Å². The first-order valence-electron chi connectivity index (χ1n) is 6.41. The highest BCUT2D eigenvalue weighted by Gasteiger charge is 1.99. The summed E-state index contributed by atoms with van der Waals surface area (Å²) < 4.78 is 0. The molecule has 2 aromatic rings. The Labute approximate surface area is 113 Å². The van der Waals surface area contributed by atoms with Crippen LogP contribution in [0.5, 0.6) is 0 Å². The van der Waals surface area contributed by atoms with E-state index in [0.717, 1.165) is 17.1 Å². The third-order valence-electron chi connectivity index (χ3n) is 2.80. The number of carbonyl (C=O) groups excluding carboxylic acids is 1. The number of hydrogen-bond donors (Lipinski definition) is 2. The summed E-state index contributed by atoms with van der Waals surface area (Å²) in [7, 11) is 0. The molecule has 2 N–H and O–H groups in total. The Morgan fingerprint density at radius 1 is 1.00 bits per heavy atom. The van der Waals surface area contributed by atoms with Gasteiger partial charge in [0, 0.05) is 23.5 Å². The third-order valence-corrected chi connectivity index (χ3v) is 2.80. The summed E-state index contributed by atoms with van der Waals surface area (Å²) in [6, 6.07) is 15.9. The topological polar surface area (TPSA) is 41.1 Å². The fourth-order valence-corrected chi connectivity index (χ4v) is 1.78. The fraction of sp³-hybridized carbons (Fsp3) is 0.188. The largest absolute Gasteiger partial charge is 0.356 e. The lowest BCUT2D eigenvalue weighted by Gasteiger charge is -2.08. The molecule has 0 saturated heterocycles. The predicted molar refractivity (Wildman–Crippen MR) is 79.8 cm³/mol. The van der Waals surface area contributed by atoms with Crippen LogP contribution in [0, 0.1) is 6.92 Å². The van der Waals surface area contributed by atoms with E-state index >= 15 is 0 Å². The standard InChI is InChI=1S/C16H18N2O/c1-3-16(19)18-14-9-7-13(8-10-14)17-15-6-4-5-12(2)11-15/h4-11,17H,3H2,1-2H3,(H,18,19). The van der Waals surface area contributed by atoms with Crippen molar-refractivity contribution >= 4 is 23.0 Å². The van der Waals surface area contributed by atoms with Crippen molar-refractivity contribution in [1.29, 1.82) is 0 Å². The second-order valence-corrected chi connectivity index (χ2v) is 4.47. The Kier molecular flexibility index (Phi) is 4.18. The fourth-order valence-electron chi connectivity index (χ4n) is 1.78. The van der Waals surface area contributed by atoms with Crippen LogP contribution in [0.1, 0.15) is 18.9 Å². The summed E-state index contributed by atoms with van der Waals surface area (Å²) in [6.07, 6.45) is 0.489. The van der Waals surface area contributed by atoms with E-state index in [0.29, 0.717) is 6.42 Å². The molecule has 3 nitrogen and oxygen atoms in total. The average molecular weight is 254 g/mol. The van der Waals surface area contributed by atoms with Gasteiger partial charge in [-0.05, 0) is 48.9 Å². The number of rotatable bonds is 4. The third kappa shape index (κ3) is 3.85. The van der Waals surface area contributed by atoms with E-state index in [9.17, 15) is 4.79 Å². The quantitative estimate of drug-likeness (QED) is 0.863. The number of benzene rings is 2. The van der Waals surface area contributed by atoms with E-state index in [2.05, 4.69) is 29.7 Å². The maximum absolute atomic E-state index is 11.3. The minimum absolute atomic E-state index is 0.0272. The molecule has 0 heterocycles. The molecular formula is C16H18N2O. The molecule has 0 saturated carbocycles. The first-order chi connectivity index (χ1) is 9.17. The Morgan fingerprint density at radius 3 is 2.32 bits per heavy atom. The smallest absolute Gasteiger partial charge is 0.224 e. The number of amides is 1. The zero-order chi connectivity index (χ0) is 13.7. The molecule has 0 aromatic heterocycles. The predicted octanol–water partition coefficient (Wildman–Crippen LogP) is 4.09. The molecule has 0 aliphatic carbocycles. The first kappa shape index (κ1) is 13.1. The van der Waals surface area contributed by atoms with Gasteiger partial charge in [0.15, 0.2) is 0 Å². The molecule has 0 aliphatic rings. The molecule has 0 spiro atoms. The SMILES string of the molecule is CCC(=O)Nc1ccc(Nc2cccc(C)c2)cc1. The molecule has 0 aliphatic heterocycles. The van der Waals surface area contributed by atoms with Crippen LogP contribution in [0.3, 0.4) is 0 Å². The van der Waals surface area contributed by atoms with E-state index in [1.807, 2.05) is 43.3 Å². The second-order valence-electron chi connectivity index (χ2n) is 4.47. The van der Waals surface area contributed by atoms with Gasteiger partial charge in [-0.2, -0.15) is 0 Å². The van der Waals surface area contributed by atoms with E-state index in [1.54, 1.807) is 0 Å². The molecule has 2 rings (SSSR count). The molecule has 0 atom stereocenters. The van der Waals surface area contributed by atoms with Crippen molar-refractivity contribution in [3.05, 3.63) is 54.1 Å². The molecule has 2 aromatic carbocycles. The molecule has 0 radical (unpaired) electrons. The van der Waals surface area contributed by atoms with E-state index in [-0.39, 0.29) is 5.91 Å². The lowest BCUT2D eigenvalue weighted by Crippen LogP contribution is -2.09. The van der Waals surface area contributed by atoms with E-state index < -0.39 is 0 Å². The summed E-state index contributed by atoms with van der Waals surface area (Å²) in [5.74, 6) is 0.0272. The van der Waals surface area contributed by atoms with Crippen molar-refractivity contribution in [2.45, 2.75) is 20.3 Å². The zero-order valence-corrected chi connectivity index (χ0v) is 11.2. The summed E-state index contributed by atoms with van der Waals surface area (Å²) in [4.78, 5) is 11.3. The summed E-state index contributed by atoms with van der Waals surface area (Å²) >= 11 is 0. The number of anilines is 3. The Hall–Kier alpha value is -2.29. The van der Waals surface area contributed by atoms with Gasteiger partial charge in [-0.25, -0.2) is 0 Å².